The molecule has 0 fully saturated rings. The molecule has 0 bridgehead atoms. The Balaban J connectivity index is 1.63. The van der Waals surface area contributed by atoms with Crippen LogP contribution in [-0.2, 0) is 32.6 Å². The first-order valence-electron chi connectivity index (χ1n) is 10.5. The fourth-order valence-electron chi connectivity index (χ4n) is 3.58. The number of nitro benzene ring substituents is 1. The molecule has 1 atom stereocenters. The van der Waals surface area contributed by atoms with E-state index in [-0.39, 0.29) is 18.1 Å². The molecular formula is C24H20ClN3O6S. The maximum absolute atomic E-state index is 13.1. The van der Waals surface area contributed by atoms with Crippen LogP contribution in [0.15, 0.2) is 83.9 Å². The average molecular weight is 514 g/mol. The molecule has 0 radical (unpaired) electrons. The molecule has 4 aromatic rings. The Morgan fingerprint density at radius 2 is 1.80 bits per heavy atom. The fraction of sp³-hybridized carbons (Fsp3) is 0.125. The first-order chi connectivity index (χ1) is 16.7. The lowest BCUT2D eigenvalue weighted by Crippen LogP contribution is -2.43. The van der Waals surface area contributed by atoms with Crippen molar-refractivity contribution in [3.63, 3.8) is 0 Å². The quantitative estimate of drug-likeness (QED) is 0.194. The van der Waals surface area contributed by atoms with Crippen molar-refractivity contribution >= 4 is 44.2 Å². The largest absolute Gasteiger partial charge is 0.460 e. The molecule has 180 valence electrons. The van der Waals surface area contributed by atoms with Crippen LogP contribution in [0.2, 0.25) is 5.02 Å². The van der Waals surface area contributed by atoms with Gasteiger partial charge in [0, 0.05) is 29.6 Å². The first-order valence-corrected chi connectivity index (χ1v) is 12.3. The van der Waals surface area contributed by atoms with E-state index in [2.05, 4.69) is 9.71 Å². The Kier molecular flexibility index (Phi) is 7.15. The van der Waals surface area contributed by atoms with Gasteiger partial charge in [-0.25, -0.2) is 8.42 Å². The molecule has 11 heteroatoms. The number of hydrogen-bond donors (Lipinski definition) is 2. The van der Waals surface area contributed by atoms with Gasteiger partial charge in [-0.2, -0.15) is 4.72 Å². The molecule has 0 saturated carbocycles. The number of benzene rings is 3. The summed E-state index contributed by atoms with van der Waals surface area (Å²) < 4.78 is 34.0. The summed E-state index contributed by atoms with van der Waals surface area (Å²) in [7, 11) is -4.34. The highest BCUT2D eigenvalue weighted by atomic mass is 35.5. The van der Waals surface area contributed by atoms with E-state index >= 15 is 0 Å². The normalized spacial score (nSPS) is 12.4. The number of fused-ring (bicyclic) bond motifs is 1. The van der Waals surface area contributed by atoms with Gasteiger partial charge >= 0.3 is 5.97 Å². The number of aromatic nitrogens is 1. The summed E-state index contributed by atoms with van der Waals surface area (Å²) in [4.78, 5) is 26.2. The van der Waals surface area contributed by atoms with Crippen molar-refractivity contribution in [1.82, 2.24) is 9.71 Å². The third-order valence-corrected chi connectivity index (χ3v) is 7.12. The van der Waals surface area contributed by atoms with Gasteiger partial charge in [0.15, 0.2) is 0 Å². The van der Waals surface area contributed by atoms with Gasteiger partial charge in [-0.3, -0.25) is 14.9 Å². The summed E-state index contributed by atoms with van der Waals surface area (Å²) in [6, 6.07) is 18.2. The number of sulfonamides is 1. The standard InChI is InChI=1S/C24H20ClN3O6S/c25-20-11-10-18(13-23(20)28(30)31)35(32,33)27-22(24(29)34-15-16-6-2-1-3-7-16)12-17-14-26-21-9-5-4-8-19(17)21/h1-11,13-14,22,26-27H,12,15H2/t22-/m1/s1. The van der Waals surface area contributed by atoms with E-state index in [4.69, 9.17) is 16.3 Å². The summed E-state index contributed by atoms with van der Waals surface area (Å²) in [5.41, 5.74) is 1.71. The zero-order valence-corrected chi connectivity index (χ0v) is 19.8. The van der Waals surface area contributed by atoms with Gasteiger partial charge in [0.1, 0.15) is 17.7 Å². The molecule has 9 nitrogen and oxygen atoms in total. The summed E-state index contributed by atoms with van der Waals surface area (Å²) >= 11 is 5.81. The van der Waals surface area contributed by atoms with Crippen LogP contribution in [-0.4, -0.2) is 30.3 Å². The van der Waals surface area contributed by atoms with E-state index in [1.54, 1.807) is 30.5 Å². The molecule has 0 saturated heterocycles. The molecule has 4 rings (SSSR count). The highest BCUT2D eigenvalue weighted by molar-refractivity contribution is 7.89. The van der Waals surface area contributed by atoms with Crippen molar-refractivity contribution in [3.05, 3.63) is 105 Å². The van der Waals surface area contributed by atoms with Gasteiger partial charge in [-0.1, -0.05) is 60.1 Å². The maximum Gasteiger partial charge on any atom is 0.324 e. The van der Waals surface area contributed by atoms with Crippen molar-refractivity contribution in [2.75, 3.05) is 0 Å². The number of nitro groups is 1. The number of ether oxygens (including phenoxy) is 1. The number of hydrogen-bond acceptors (Lipinski definition) is 6. The van der Waals surface area contributed by atoms with E-state index < -0.39 is 37.5 Å². The number of esters is 1. The zero-order valence-electron chi connectivity index (χ0n) is 18.2. The zero-order chi connectivity index (χ0) is 25.0. The number of carbonyl (C=O) groups excluding carboxylic acids is 1. The van der Waals surface area contributed by atoms with Gasteiger partial charge in [0.25, 0.3) is 5.69 Å². The van der Waals surface area contributed by atoms with Crippen LogP contribution in [0.5, 0.6) is 0 Å². The number of nitrogens with one attached hydrogen (secondary N) is 2. The second-order valence-corrected chi connectivity index (χ2v) is 9.82. The highest BCUT2D eigenvalue weighted by Gasteiger charge is 2.29. The lowest BCUT2D eigenvalue weighted by molar-refractivity contribution is -0.384. The molecule has 1 heterocycles. The molecule has 35 heavy (non-hydrogen) atoms. The number of H-pyrrole nitrogens is 1. The molecule has 0 aliphatic carbocycles. The Hall–Kier alpha value is -3.73. The van der Waals surface area contributed by atoms with Crippen LogP contribution in [0.4, 0.5) is 5.69 Å². The second-order valence-electron chi connectivity index (χ2n) is 7.70. The van der Waals surface area contributed by atoms with Crippen molar-refractivity contribution in [2.45, 2.75) is 24.0 Å². The lowest BCUT2D eigenvalue weighted by Gasteiger charge is -2.18. The molecule has 0 aliphatic rings. The van der Waals surface area contributed by atoms with Crippen LogP contribution < -0.4 is 4.72 Å². The molecule has 0 aliphatic heterocycles. The number of halogens is 1. The average Bonchev–Trinajstić information content (AvgIpc) is 3.25. The number of aromatic amines is 1. The van der Waals surface area contributed by atoms with Crippen molar-refractivity contribution in [3.8, 4) is 0 Å². The Labute approximate surface area is 205 Å². The van der Waals surface area contributed by atoms with E-state index in [0.29, 0.717) is 5.56 Å². The van der Waals surface area contributed by atoms with Crippen molar-refractivity contribution in [1.29, 1.82) is 0 Å². The summed E-state index contributed by atoms with van der Waals surface area (Å²) in [6.07, 6.45) is 1.69. The SMILES string of the molecule is O=C(OCc1ccccc1)[C@@H](Cc1c[nH]c2ccccc12)NS(=O)(=O)c1ccc(Cl)c([N+](=O)[O-])c1. The van der Waals surface area contributed by atoms with Gasteiger partial charge < -0.3 is 9.72 Å². The molecule has 0 spiro atoms. The minimum Gasteiger partial charge on any atom is -0.460 e. The topological polar surface area (TPSA) is 131 Å². The molecule has 2 N–H and O–H groups in total. The van der Waals surface area contributed by atoms with Crippen LogP contribution in [0.25, 0.3) is 10.9 Å². The number of nitrogens with zero attached hydrogens (tertiary/aromatic N) is 1. The monoisotopic (exact) mass is 513 g/mol. The van der Waals surface area contributed by atoms with Crippen LogP contribution in [0.3, 0.4) is 0 Å². The Morgan fingerprint density at radius 3 is 2.54 bits per heavy atom. The molecule has 3 aromatic carbocycles. The molecule has 0 unspecified atom stereocenters. The smallest absolute Gasteiger partial charge is 0.324 e. The van der Waals surface area contributed by atoms with Gasteiger partial charge in [-0.15, -0.1) is 0 Å². The molecule has 1 aromatic heterocycles. The second kappa shape index (κ2) is 10.3. The minimum atomic E-state index is -4.34. The van der Waals surface area contributed by atoms with Crippen LogP contribution >= 0.6 is 11.6 Å². The van der Waals surface area contributed by atoms with E-state index in [0.717, 1.165) is 34.7 Å². The minimum absolute atomic E-state index is 0.00739. The third-order valence-electron chi connectivity index (χ3n) is 5.33. The predicted octanol–water partition coefficient (Wildman–Crippen LogP) is 4.36. The fourth-order valence-corrected chi connectivity index (χ4v) is 4.97. The first kappa shape index (κ1) is 24.4. The van der Waals surface area contributed by atoms with E-state index in [1.165, 1.54) is 0 Å². The summed E-state index contributed by atoms with van der Waals surface area (Å²) in [5, 5.41) is 11.8. The van der Waals surface area contributed by atoms with Crippen LogP contribution in [0, 0.1) is 10.1 Å². The maximum atomic E-state index is 13.1. The highest BCUT2D eigenvalue weighted by Crippen LogP contribution is 2.27. The number of rotatable bonds is 9. The Morgan fingerprint density at radius 1 is 1.09 bits per heavy atom. The molecular weight excluding hydrogens is 494 g/mol. The number of para-hydroxylation sites is 1. The van der Waals surface area contributed by atoms with Crippen molar-refractivity contribution in [2.24, 2.45) is 0 Å². The van der Waals surface area contributed by atoms with Gasteiger partial charge in [-0.05, 0) is 29.3 Å². The summed E-state index contributed by atoms with van der Waals surface area (Å²) in [6.45, 7) is -0.0435. The van der Waals surface area contributed by atoms with E-state index in [9.17, 15) is 23.3 Å². The van der Waals surface area contributed by atoms with Crippen molar-refractivity contribution < 1.29 is 22.9 Å². The molecule has 0 amide bonds. The third kappa shape index (κ3) is 5.68. The van der Waals surface area contributed by atoms with Gasteiger partial charge in [0.05, 0.1) is 9.82 Å². The number of carbonyl (C=O) groups is 1. The van der Waals surface area contributed by atoms with Gasteiger partial charge in [0.2, 0.25) is 10.0 Å². The Bertz CT molecular complexity index is 1490. The lowest BCUT2D eigenvalue weighted by atomic mass is 10.1. The predicted molar refractivity (Wildman–Crippen MR) is 130 cm³/mol. The van der Waals surface area contributed by atoms with Crippen LogP contribution in [0.1, 0.15) is 11.1 Å². The van der Waals surface area contributed by atoms with E-state index in [1.807, 2.05) is 30.3 Å². The summed E-state index contributed by atoms with van der Waals surface area (Å²) in [5.74, 6) is -0.786.